The molecule has 2 aromatic heterocycles. The van der Waals surface area contributed by atoms with E-state index in [0.717, 1.165) is 44.7 Å². The highest BCUT2D eigenvalue weighted by Crippen LogP contribution is 2.40. The van der Waals surface area contributed by atoms with Gasteiger partial charge < -0.3 is 14.5 Å². The first-order valence-corrected chi connectivity index (χ1v) is 17.2. The fourth-order valence-corrected chi connectivity index (χ4v) is 7.88. The Morgan fingerprint density at radius 2 is 1.10 bits per heavy atom. The van der Waals surface area contributed by atoms with Crippen LogP contribution in [0.3, 0.4) is 0 Å². The summed E-state index contributed by atoms with van der Waals surface area (Å²) in [6.45, 7) is 0. The molecule has 10 rings (SSSR count). The first kappa shape index (κ1) is 29.5. The quantitative estimate of drug-likeness (QED) is 0.203. The molecule has 6 nitrogen and oxygen atoms in total. The third-order valence-corrected chi connectivity index (χ3v) is 10.2. The lowest BCUT2D eigenvalue weighted by molar-refractivity contribution is 0.828. The Bertz CT molecular complexity index is 2990. The normalized spacial score (nSPS) is 13.8. The zero-order valence-electron chi connectivity index (χ0n) is 27.8. The zero-order chi connectivity index (χ0) is 34.8. The van der Waals surface area contributed by atoms with Gasteiger partial charge in [0, 0.05) is 49.7 Å². The summed E-state index contributed by atoms with van der Waals surface area (Å²) >= 11 is 0. The van der Waals surface area contributed by atoms with Gasteiger partial charge in [-0.25, -0.2) is 0 Å². The summed E-state index contributed by atoms with van der Waals surface area (Å²) in [4.78, 5) is 5.18. The Hall–Kier alpha value is -7.41. The summed E-state index contributed by atoms with van der Waals surface area (Å²) in [5.41, 5.74) is 11.6. The minimum atomic E-state index is -0.375. The van der Waals surface area contributed by atoms with E-state index in [9.17, 15) is 10.5 Å². The highest BCUT2D eigenvalue weighted by Gasteiger charge is 2.27. The molecule has 0 saturated heterocycles. The van der Waals surface area contributed by atoms with Gasteiger partial charge in [0.2, 0.25) is 0 Å². The molecule has 0 aliphatic carbocycles. The number of nitrogens with one attached hydrogen (secondary N) is 1. The van der Waals surface area contributed by atoms with Crippen LogP contribution in [0, 0.1) is 22.7 Å². The predicted molar refractivity (Wildman–Crippen MR) is 209 cm³/mol. The Morgan fingerprint density at radius 3 is 1.71 bits per heavy atom. The maximum absolute atomic E-state index is 10.2. The number of anilines is 1. The fourth-order valence-electron chi connectivity index (χ4n) is 7.88. The van der Waals surface area contributed by atoms with Gasteiger partial charge in [0.25, 0.3) is 0 Å². The smallest absolute Gasteiger partial charge is 0.145 e. The first-order chi connectivity index (χ1) is 25.7. The molecular formula is C46H28N6. The van der Waals surface area contributed by atoms with Crippen LogP contribution in [0.25, 0.3) is 55.0 Å². The Balaban J connectivity index is 1.18. The molecule has 1 N–H and O–H groups in total. The average Bonchev–Trinajstić information content (AvgIpc) is 3.71. The molecule has 0 spiro atoms. The Labute approximate surface area is 299 Å². The molecule has 1 aliphatic rings. The predicted octanol–water partition coefficient (Wildman–Crippen LogP) is 10.6. The number of fused-ring (bicyclic) bond motifs is 7. The van der Waals surface area contributed by atoms with Gasteiger partial charge in [-0.2, -0.15) is 10.5 Å². The van der Waals surface area contributed by atoms with Crippen LogP contribution in [-0.4, -0.2) is 14.8 Å². The lowest BCUT2D eigenvalue weighted by Gasteiger charge is -2.27. The van der Waals surface area contributed by atoms with E-state index in [1.165, 1.54) is 27.1 Å². The summed E-state index contributed by atoms with van der Waals surface area (Å²) in [6.07, 6.45) is -0.375. The van der Waals surface area contributed by atoms with Crippen molar-refractivity contribution in [1.29, 1.82) is 10.5 Å². The molecule has 0 fully saturated rings. The summed E-state index contributed by atoms with van der Waals surface area (Å²) in [5, 5.41) is 28.2. The van der Waals surface area contributed by atoms with Crippen molar-refractivity contribution in [1.82, 2.24) is 9.13 Å². The monoisotopic (exact) mass is 664 g/mol. The van der Waals surface area contributed by atoms with Crippen LogP contribution in [0.15, 0.2) is 163 Å². The second-order valence-corrected chi connectivity index (χ2v) is 13.1. The van der Waals surface area contributed by atoms with Crippen molar-refractivity contribution in [3.05, 3.63) is 186 Å². The van der Waals surface area contributed by atoms with Crippen LogP contribution in [0.2, 0.25) is 0 Å². The highest BCUT2D eigenvalue weighted by molar-refractivity contribution is 6.20. The van der Waals surface area contributed by atoms with E-state index in [1.807, 2.05) is 36.4 Å². The number of hydrogen-bond donors (Lipinski definition) is 1. The van der Waals surface area contributed by atoms with E-state index in [4.69, 9.17) is 4.99 Å². The maximum Gasteiger partial charge on any atom is 0.145 e. The molecule has 9 aromatic rings. The van der Waals surface area contributed by atoms with E-state index in [0.29, 0.717) is 22.4 Å². The number of benzene rings is 7. The minimum absolute atomic E-state index is 0.375. The lowest BCUT2D eigenvalue weighted by atomic mass is 9.92. The molecule has 0 bridgehead atoms. The van der Waals surface area contributed by atoms with Gasteiger partial charge in [-0.15, -0.1) is 0 Å². The van der Waals surface area contributed by atoms with Crippen LogP contribution < -0.4 is 5.32 Å². The average molecular weight is 665 g/mol. The van der Waals surface area contributed by atoms with Crippen molar-refractivity contribution in [3.63, 3.8) is 0 Å². The number of nitriles is 2. The molecule has 7 aromatic carbocycles. The molecule has 0 amide bonds. The van der Waals surface area contributed by atoms with Gasteiger partial charge in [-0.3, -0.25) is 4.99 Å². The van der Waals surface area contributed by atoms with Crippen LogP contribution in [0.4, 0.5) is 5.69 Å². The lowest BCUT2D eigenvalue weighted by Crippen LogP contribution is -2.22. The second kappa shape index (κ2) is 11.6. The molecule has 1 atom stereocenters. The van der Waals surface area contributed by atoms with Gasteiger partial charge >= 0.3 is 0 Å². The molecule has 0 saturated carbocycles. The van der Waals surface area contributed by atoms with Crippen LogP contribution in [0.5, 0.6) is 0 Å². The van der Waals surface area contributed by atoms with Gasteiger partial charge in [0.15, 0.2) is 0 Å². The van der Waals surface area contributed by atoms with Crippen LogP contribution >= 0.6 is 0 Å². The molecule has 52 heavy (non-hydrogen) atoms. The highest BCUT2D eigenvalue weighted by atomic mass is 15.1. The third kappa shape index (κ3) is 4.46. The van der Waals surface area contributed by atoms with Crippen molar-refractivity contribution in [2.45, 2.75) is 6.17 Å². The van der Waals surface area contributed by atoms with E-state index >= 15 is 0 Å². The molecule has 242 valence electrons. The van der Waals surface area contributed by atoms with Gasteiger partial charge in [-0.05, 0) is 66.2 Å². The minimum Gasteiger partial charge on any atom is -0.359 e. The molecular weight excluding hydrogens is 637 g/mol. The van der Waals surface area contributed by atoms with Crippen molar-refractivity contribution < 1.29 is 0 Å². The number of rotatable bonds is 4. The Morgan fingerprint density at radius 1 is 0.519 bits per heavy atom. The first-order valence-electron chi connectivity index (χ1n) is 17.2. The fraction of sp³-hybridized carbons (Fsp3) is 0.0217. The van der Waals surface area contributed by atoms with Gasteiger partial charge in [0.1, 0.15) is 6.17 Å². The largest absolute Gasteiger partial charge is 0.359 e. The summed E-state index contributed by atoms with van der Waals surface area (Å²) in [7, 11) is 0. The Kier molecular flexibility index (Phi) is 6.58. The number of hydrogen-bond acceptors (Lipinski definition) is 4. The maximum atomic E-state index is 10.2. The molecule has 1 unspecified atom stereocenters. The van der Waals surface area contributed by atoms with E-state index in [2.05, 4.69) is 142 Å². The number of aliphatic imine (C=N–C) groups is 1. The van der Waals surface area contributed by atoms with Crippen molar-refractivity contribution in [2.75, 3.05) is 5.32 Å². The van der Waals surface area contributed by atoms with Crippen molar-refractivity contribution in [2.24, 2.45) is 4.99 Å². The number of nitrogens with zero attached hydrogens (tertiary/aromatic N) is 5. The SMILES string of the molecule is N#Cc1cc(C#N)c2c(c1)NC(c1ccccc1)N=C2c1ccc(-n2c3ccccc3c3cc4c5ccccc5n(-c5ccccc5)c4cc32)cc1. The van der Waals surface area contributed by atoms with E-state index in [-0.39, 0.29) is 6.17 Å². The second-order valence-electron chi connectivity index (χ2n) is 13.1. The van der Waals surface area contributed by atoms with Gasteiger partial charge in [0.05, 0.1) is 51.0 Å². The molecule has 0 radical (unpaired) electrons. The molecule has 6 heteroatoms. The van der Waals surface area contributed by atoms with E-state index in [1.54, 1.807) is 6.07 Å². The summed E-state index contributed by atoms with van der Waals surface area (Å²) in [6, 6.07) is 58.9. The van der Waals surface area contributed by atoms with Gasteiger partial charge in [-0.1, -0.05) is 97.1 Å². The van der Waals surface area contributed by atoms with Crippen LogP contribution in [0.1, 0.15) is 34.0 Å². The number of para-hydroxylation sites is 3. The van der Waals surface area contributed by atoms with Crippen molar-refractivity contribution in [3.8, 4) is 23.5 Å². The summed E-state index contributed by atoms with van der Waals surface area (Å²) in [5.74, 6) is 0. The summed E-state index contributed by atoms with van der Waals surface area (Å²) < 4.78 is 4.70. The van der Waals surface area contributed by atoms with Crippen molar-refractivity contribution >= 4 is 55.0 Å². The van der Waals surface area contributed by atoms with E-state index < -0.39 is 0 Å². The number of aromatic nitrogens is 2. The third-order valence-electron chi connectivity index (χ3n) is 10.2. The van der Waals surface area contributed by atoms with Crippen LogP contribution in [-0.2, 0) is 0 Å². The standard InChI is InChI=1S/C46H28N6/c47-27-29-23-32(28-48)44-39(24-29)49-46(31-11-3-1-4-12-31)50-45(44)30-19-21-34(22-20-30)52-41-18-10-8-16-36(41)38-25-37-35-15-7-9-17-40(35)51(42(37)26-43(38)52)33-13-5-2-6-14-33/h1-26,46,49H. The molecule has 3 heterocycles. The molecule has 1 aliphatic heterocycles. The zero-order valence-corrected chi connectivity index (χ0v) is 27.8. The topological polar surface area (TPSA) is 81.8 Å².